The van der Waals surface area contributed by atoms with Gasteiger partial charge < -0.3 is 64.2 Å². The monoisotopic (exact) mass is 1110 g/mol. The molecule has 2 heterocycles. The van der Waals surface area contributed by atoms with E-state index in [2.05, 4.69) is 50.3 Å². The summed E-state index contributed by atoms with van der Waals surface area (Å²) in [6.45, 7) is 3.70. The molecule has 458 valence electrons. The molecule has 2 fully saturated rings. The van der Waals surface area contributed by atoms with Gasteiger partial charge in [-0.1, -0.05) is 243 Å². The van der Waals surface area contributed by atoms with Crippen molar-refractivity contribution in [1.29, 1.82) is 0 Å². The van der Waals surface area contributed by atoms with Crippen LogP contribution >= 0.6 is 0 Å². The Kier molecular flexibility index (Phi) is 47.2. The number of unbranched alkanes of at least 4 members (excludes halogenated alkanes) is 33. The smallest absolute Gasteiger partial charge is 0.306 e. The molecule has 0 aliphatic carbocycles. The first-order valence-electron chi connectivity index (χ1n) is 32.1. The van der Waals surface area contributed by atoms with Crippen LogP contribution in [0, 0.1) is 0 Å². The van der Waals surface area contributed by atoms with E-state index in [1.807, 2.05) is 0 Å². The van der Waals surface area contributed by atoms with Crippen molar-refractivity contribution in [3.63, 3.8) is 0 Å². The Labute approximate surface area is 474 Å². The highest BCUT2D eigenvalue weighted by molar-refractivity contribution is 5.69. The van der Waals surface area contributed by atoms with Gasteiger partial charge in [0.25, 0.3) is 0 Å². The fourth-order valence-electron chi connectivity index (χ4n) is 10.2. The van der Waals surface area contributed by atoms with Gasteiger partial charge in [0, 0.05) is 13.0 Å². The molecule has 78 heavy (non-hydrogen) atoms. The molecule has 0 aromatic carbocycles. The van der Waals surface area contributed by atoms with Crippen LogP contribution in [0.15, 0.2) is 36.5 Å². The van der Waals surface area contributed by atoms with Gasteiger partial charge in [-0.05, 0) is 51.4 Å². The lowest BCUT2D eigenvalue weighted by Crippen LogP contribution is -2.61. The van der Waals surface area contributed by atoms with Crippen LogP contribution in [0.5, 0.6) is 0 Å². The third-order valence-corrected chi connectivity index (χ3v) is 15.4. The number of aliphatic hydroxyl groups is 7. The quantitative estimate of drug-likeness (QED) is 0.0172. The molecule has 0 amide bonds. The van der Waals surface area contributed by atoms with E-state index < -0.39 is 80.7 Å². The highest BCUT2D eigenvalue weighted by Crippen LogP contribution is 2.27. The summed E-state index contributed by atoms with van der Waals surface area (Å²) < 4.78 is 34.5. The zero-order valence-electron chi connectivity index (χ0n) is 49.4. The predicted octanol–water partition coefficient (Wildman–Crippen LogP) is 12.5. The molecule has 0 aromatic rings. The topological polar surface area (TPSA) is 214 Å². The molecule has 11 atom stereocenters. The molecule has 2 rings (SSSR count). The van der Waals surface area contributed by atoms with Gasteiger partial charge in [-0.25, -0.2) is 0 Å². The maximum absolute atomic E-state index is 13.1. The number of rotatable bonds is 53. The van der Waals surface area contributed by atoms with Gasteiger partial charge in [0.2, 0.25) is 0 Å². The number of ether oxygens (including phenoxy) is 6. The number of carbonyl (C=O) groups is 1. The highest BCUT2D eigenvalue weighted by atomic mass is 16.7. The molecule has 14 heteroatoms. The van der Waals surface area contributed by atoms with Crippen molar-refractivity contribution in [3.05, 3.63) is 36.5 Å². The van der Waals surface area contributed by atoms with Crippen LogP contribution in [-0.4, -0.2) is 142 Å². The van der Waals surface area contributed by atoms with Gasteiger partial charge in [0.05, 0.1) is 26.4 Å². The van der Waals surface area contributed by atoms with Crippen molar-refractivity contribution in [2.45, 2.75) is 332 Å². The van der Waals surface area contributed by atoms with Gasteiger partial charge in [-0.2, -0.15) is 0 Å². The van der Waals surface area contributed by atoms with Crippen LogP contribution in [0.1, 0.15) is 264 Å². The van der Waals surface area contributed by atoms with E-state index in [9.17, 15) is 40.5 Å². The van der Waals surface area contributed by atoms with Gasteiger partial charge in [0.15, 0.2) is 12.6 Å². The summed E-state index contributed by atoms with van der Waals surface area (Å²) in [4.78, 5) is 13.1. The predicted molar refractivity (Wildman–Crippen MR) is 312 cm³/mol. The fourth-order valence-corrected chi connectivity index (χ4v) is 10.2. The summed E-state index contributed by atoms with van der Waals surface area (Å²) in [6, 6.07) is 0. The molecule has 0 saturated carbocycles. The van der Waals surface area contributed by atoms with Crippen molar-refractivity contribution >= 4 is 5.97 Å². The maximum atomic E-state index is 13.1. The van der Waals surface area contributed by atoms with Gasteiger partial charge in [0.1, 0.15) is 54.9 Å². The molecule has 0 aromatic heterocycles. The van der Waals surface area contributed by atoms with Crippen molar-refractivity contribution in [2.75, 3.05) is 33.0 Å². The summed E-state index contributed by atoms with van der Waals surface area (Å²) in [5.74, 6) is -0.384. The van der Waals surface area contributed by atoms with E-state index in [1.165, 1.54) is 167 Å². The molecule has 0 bridgehead atoms. The zero-order valence-corrected chi connectivity index (χ0v) is 49.4. The number of carbonyl (C=O) groups excluding carboxylic acids is 1. The Morgan fingerprint density at radius 1 is 0.423 bits per heavy atom. The minimum absolute atomic E-state index is 0.0596. The molecule has 0 spiro atoms. The second kappa shape index (κ2) is 50.9. The SMILES string of the molecule is CCCCC/C=C\C/C=C\C/C=C\CCCCCCCCC(=O)OC(COCCCCCCCCCCCCCCCCCCCCCCCCCCC)COC1OC(COC2OC(CO)C(O)C(O)C2O)C(O)C(O)C1O. The van der Waals surface area contributed by atoms with Crippen LogP contribution in [0.3, 0.4) is 0 Å². The lowest BCUT2D eigenvalue weighted by molar-refractivity contribution is -0.332. The van der Waals surface area contributed by atoms with Crippen LogP contribution in [0.4, 0.5) is 0 Å². The van der Waals surface area contributed by atoms with Gasteiger partial charge in [-0.15, -0.1) is 0 Å². The second-order valence-corrected chi connectivity index (χ2v) is 22.6. The van der Waals surface area contributed by atoms with E-state index in [0.29, 0.717) is 13.0 Å². The maximum Gasteiger partial charge on any atom is 0.306 e. The van der Waals surface area contributed by atoms with Crippen molar-refractivity contribution in [1.82, 2.24) is 0 Å². The average Bonchev–Trinajstić information content (AvgIpc) is 3.44. The Bertz CT molecular complexity index is 1430. The molecule has 11 unspecified atom stereocenters. The molecule has 0 radical (unpaired) electrons. The summed E-state index contributed by atoms with van der Waals surface area (Å²) in [5.41, 5.74) is 0. The first-order chi connectivity index (χ1) is 38.1. The molecule has 2 aliphatic rings. The van der Waals surface area contributed by atoms with Gasteiger partial charge >= 0.3 is 5.97 Å². The molecule has 14 nitrogen and oxygen atoms in total. The Balaban J connectivity index is 1.67. The minimum Gasteiger partial charge on any atom is -0.457 e. The second-order valence-electron chi connectivity index (χ2n) is 22.6. The third-order valence-electron chi connectivity index (χ3n) is 15.4. The summed E-state index contributed by atoms with van der Waals surface area (Å²) >= 11 is 0. The van der Waals surface area contributed by atoms with Crippen LogP contribution in [0.2, 0.25) is 0 Å². The molecule has 7 N–H and O–H groups in total. The molecular formula is C64H118O14. The summed E-state index contributed by atoms with van der Waals surface area (Å²) in [6.07, 6.45) is 45.0. The fraction of sp³-hybridized carbons (Fsp3) is 0.891. The zero-order chi connectivity index (χ0) is 56.5. The van der Waals surface area contributed by atoms with Gasteiger partial charge in [-0.3, -0.25) is 4.79 Å². The standard InChI is InChI=1S/C64H118O14/c1-3-5-7-9-11-13-15-17-19-21-23-24-25-26-27-28-30-32-34-36-38-40-42-44-46-48-73-50-53(76-56(66)47-45-43-41-39-37-35-33-31-29-22-20-18-16-14-12-10-8-6-4-2)51-74-63-62(72)60(70)58(68)55(78-63)52-75-64-61(71)59(69)57(67)54(49-65)77-64/h12,14,18,20,29,31,53-55,57-65,67-72H,3-11,13,15-17,19,21-28,30,32-52H2,1-2H3/b14-12-,20-18-,31-29-. The van der Waals surface area contributed by atoms with E-state index in [-0.39, 0.29) is 25.6 Å². The van der Waals surface area contributed by atoms with E-state index >= 15 is 0 Å². The normalized spacial score (nSPS) is 24.3. The number of allylic oxidation sites excluding steroid dienone is 6. The van der Waals surface area contributed by atoms with Crippen molar-refractivity contribution in [3.8, 4) is 0 Å². The Morgan fingerprint density at radius 2 is 0.795 bits per heavy atom. The first kappa shape index (κ1) is 72.3. The Morgan fingerprint density at radius 3 is 1.27 bits per heavy atom. The van der Waals surface area contributed by atoms with Crippen molar-refractivity contribution < 1.29 is 69.0 Å². The number of aliphatic hydroxyl groups excluding tert-OH is 7. The number of esters is 1. The lowest BCUT2D eigenvalue weighted by atomic mass is 9.98. The third kappa shape index (κ3) is 36.6. The molecule has 2 aliphatic heterocycles. The highest BCUT2D eigenvalue weighted by Gasteiger charge is 2.47. The van der Waals surface area contributed by atoms with E-state index in [0.717, 1.165) is 70.6 Å². The van der Waals surface area contributed by atoms with Crippen molar-refractivity contribution in [2.24, 2.45) is 0 Å². The lowest BCUT2D eigenvalue weighted by Gasteiger charge is -2.42. The number of hydrogen-bond acceptors (Lipinski definition) is 14. The molecule has 2 saturated heterocycles. The summed E-state index contributed by atoms with van der Waals surface area (Å²) in [5, 5.41) is 72.5. The van der Waals surface area contributed by atoms with E-state index in [1.54, 1.807) is 0 Å². The van der Waals surface area contributed by atoms with Crippen LogP contribution in [-0.2, 0) is 33.2 Å². The first-order valence-corrected chi connectivity index (χ1v) is 32.1. The number of hydrogen-bond donors (Lipinski definition) is 7. The average molecular weight is 1110 g/mol. The van der Waals surface area contributed by atoms with Crippen LogP contribution in [0.25, 0.3) is 0 Å². The van der Waals surface area contributed by atoms with E-state index in [4.69, 9.17) is 28.4 Å². The summed E-state index contributed by atoms with van der Waals surface area (Å²) in [7, 11) is 0. The molecular weight excluding hydrogens is 993 g/mol. The largest absolute Gasteiger partial charge is 0.457 e. The van der Waals surface area contributed by atoms with Crippen LogP contribution < -0.4 is 0 Å². The Hall–Kier alpha value is -1.79. The minimum atomic E-state index is -1.71.